The van der Waals surface area contributed by atoms with Gasteiger partial charge in [-0.2, -0.15) is 0 Å². The fourth-order valence-electron chi connectivity index (χ4n) is 1.22. The van der Waals surface area contributed by atoms with Crippen molar-refractivity contribution in [3.05, 3.63) is 30.0 Å². The summed E-state index contributed by atoms with van der Waals surface area (Å²) in [6.45, 7) is 0. The molecule has 1 aromatic heterocycles. The normalized spacial score (nSPS) is 10.4. The molecule has 0 radical (unpaired) electrons. The van der Waals surface area contributed by atoms with E-state index >= 15 is 0 Å². The van der Waals surface area contributed by atoms with E-state index in [1.807, 2.05) is 0 Å². The predicted octanol–water partition coefficient (Wildman–Crippen LogP) is 0.793. The maximum Gasteiger partial charge on any atom is 0.335 e. The molecule has 72 valence electrons. The second-order valence-electron chi connectivity index (χ2n) is 2.79. The summed E-state index contributed by atoms with van der Waals surface area (Å²) < 4.78 is 0. The first kappa shape index (κ1) is 8.55. The van der Waals surface area contributed by atoms with Crippen LogP contribution < -0.4 is 4.84 Å². The van der Waals surface area contributed by atoms with Gasteiger partial charge >= 0.3 is 5.97 Å². The van der Waals surface area contributed by atoms with Gasteiger partial charge in [-0.3, -0.25) is 0 Å². The molecule has 0 unspecified atom stereocenters. The van der Waals surface area contributed by atoms with E-state index in [9.17, 15) is 4.79 Å². The third-order valence-electron chi connectivity index (χ3n) is 1.92. The molecule has 0 fully saturated rings. The van der Waals surface area contributed by atoms with E-state index in [2.05, 4.69) is 5.10 Å². The summed E-state index contributed by atoms with van der Waals surface area (Å²) in [6, 6.07) is 4.74. The summed E-state index contributed by atoms with van der Waals surface area (Å²) in [5, 5.41) is 13.6. The summed E-state index contributed by atoms with van der Waals surface area (Å²) >= 11 is 0. The Kier molecular flexibility index (Phi) is 1.85. The molecule has 2 rings (SSSR count). The Labute approximate surface area is 79.5 Å². The van der Waals surface area contributed by atoms with Crippen LogP contribution in [0.3, 0.4) is 0 Å². The lowest BCUT2D eigenvalue weighted by atomic mass is 10.2. The summed E-state index contributed by atoms with van der Waals surface area (Å²) in [6.07, 6.45) is 1.68. The Balaban J connectivity index is 2.59. The van der Waals surface area contributed by atoms with Crippen molar-refractivity contribution in [2.75, 3.05) is 7.11 Å². The number of carboxylic acid groups (broad SMARTS) is 1. The lowest BCUT2D eigenvalue weighted by Crippen LogP contribution is -2.04. The zero-order chi connectivity index (χ0) is 10.1. The van der Waals surface area contributed by atoms with Crippen LogP contribution in [0.4, 0.5) is 0 Å². The van der Waals surface area contributed by atoms with Crippen molar-refractivity contribution >= 4 is 16.9 Å². The fraction of sp³-hybridized carbons (Fsp3) is 0.111. The minimum atomic E-state index is -0.959. The highest BCUT2D eigenvalue weighted by Crippen LogP contribution is 2.13. The zero-order valence-electron chi connectivity index (χ0n) is 7.47. The van der Waals surface area contributed by atoms with Crippen LogP contribution in [0.1, 0.15) is 10.4 Å². The van der Waals surface area contributed by atoms with Crippen LogP contribution in [-0.2, 0) is 0 Å². The highest BCUT2D eigenvalue weighted by atomic mass is 16.7. The molecule has 0 aliphatic carbocycles. The van der Waals surface area contributed by atoms with Gasteiger partial charge in [0.1, 0.15) is 7.11 Å². The van der Waals surface area contributed by atoms with Gasteiger partial charge in [-0.05, 0) is 12.1 Å². The Hall–Kier alpha value is -2.04. The van der Waals surface area contributed by atoms with Crippen molar-refractivity contribution in [3.63, 3.8) is 0 Å². The summed E-state index contributed by atoms with van der Waals surface area (Å²) in [5.74, 6) is -0.959. The van der Waals surface area contributed by atoms with E-state index in [-0.39, 0.29) is 5.56 Å². The Morgan fingerprint density at radius 1 is 1.57 bits per heavy atom. The molecular weight excluding hydrogens is 184 g/mol. The van der Waals surface area contributed by atoms with E-state index in [1.54, 1.807) is 12.3 Å². The number of carbonyl (C=O) groups is 1. The van der Waals surface area contributed by atoms with E-state index < -0.39 is 5.97 Å². The standard InChI is InChI=1S/C9H8N2O3/c1-14-11-5-7-3-2-6(9(12)13)4-8(7)10-11/h2-5H,1H3,(H,12,13). The molecule has 0 amide bonds. The molecule has 1 heterocycles. The van der Waals surface area contributed by atoms with Crippen molar-refractivity contribution in [1.29, 1.82) is 0 Å². The number of nitrogens with zero attached hydrogens (tertiary/aromatic N) is 2. The third-order valence-corrected chi connectivity index (χ3v) is 1.92. The molecular formula is C9H8N2O3. The van der Waals surface area contributed by atoms with Crippen molar-refractivity contribution < 1.29 is 14.7 Å². The van der Waals surface area contributed by atoms with Gasteiger partial charge in [-0.1, -0.05) is 6.07 Å². The first-order valence-corrected chi connectivity index (χ1v) is 3.98. The first-order valence-electron chi connectivity index (χ1n) is 3.98. The number of carboxylic acids is 1. The van der Waals surface area contributed by atoms with Gasteiger partial charge in [0.25, 0.3) is 0 Å². The average molecular weight is 192 g/mol. The van der Waals surface area contributed by atoms with Gasteiger partial charge in [0, 0.05) is 5.39 Å². The smallest absolute Gasteiger partial charge is 0.335 e. The summed E-state index contributed by atoms with van der Waals surface area (Å²) in [7, 11) is 1.49. The van der Waals surface area contributed by atoms with E-state index in [1.165, 1.54) is 24.1 Å². The van der Waals surface area contributed by atoms with Crippen LogP contribution in [0.15, 0.2) is 24.4 Å². The molecule has 0 atom stereocenters. The maximum atomic E-state index is 10.7. The van der Waals surface area contributed by atoms with Gasteiger partial charge in [0.15, 0.2) is 0 Å². The van der Waals surface area contributed by atoms with Gasteiger partial charge in [0.05, 0.1) is 17.3 Å². The number of hydrogen-bond acceptors (Lipinski definition) is 3. The minimum Gasteiger partial charge on any atom is -0.478 e. The lowest BCUT2D eigenvalue weighted by molar-refractivity contribution is 0.0697. The number of rotatable bonds is 2. The quantitative estimate of drug-likeness (QED) is 0.764. The lowest BCUT2D eigenvalue weighted by Gasteiger charge is -1.92. The molecule has 1 N–H and O–H groups in total. The number of hydrogen-bond donors (Lipinski definition) is 1. The number of fused-ring (bicyclic) bond motifs is 1. The molecule has 1 aromatic carbocycles. The Bertz CT molecular complexity index is 490. The number of aromatic nitrogens is 2. The SMILES string of the molecule is COn1cc2ccc(C(=O)O)cc2n1. The minimum absolute atomic E-state index is 0.221. The van der Waals surface area contributed by atoms with E-state index in [0.717, 1.165) is 5.39 Å². The van der Waals surface area contributed by atoms with Crippen molar-refractivity contribution in [3.8, 4) is 0 Å². The number of benzene rings is 1. The van der Waals surface area contributed by atoms with Gasteiger partial charge in [0.2, 0.25) is 0 Å². The molecule has 2 aromatic rings. The molecule has 0 saturated carbocycles. The van der Waals surface area contributed by atoms with Crippen molar-refractivity contribution in [1.82, 2.24) is 9.94 Å². The van der Waals surface area contributed by atoms with Crippen molar-refractivity contribution in [2.24, 2.45) is 0 Å². The van der Waals surface area contributed by atoms with Crippen LogP contribution in [0.2, 0.25) is 0 Å². The van der Waals surface area contributed by atoms with Crippen molar-refractivity contribution in [2.45, 2.75) is 0 Å². The molecule has 0 bridgehead atoms. The van der Waals surface area contributed by atoms with Gasteiger partial charge in [-0.15, -0.1) is 9.94 Å². The second-order valence-corrected chi connectivity index (χ2v) is 2.79. The Morgan fingerprint density at radius 3 is 3.00 bits per heavy atom. The van der Waals surface area contributed by atoms with Crippen LogP contribution >= 0.6 is 0 Å². The monoisotopic (exact) mass is 192 g/mol. The van der Waals surface area contributed by atoms with Gasteiger partial charge < -0.3 is 9.94 Å². The van der Waals surface area contributed by atoms with E-state index in [4.69, 9.17) is 9.94 Å². The van der Waals surface area contributed by atoms with Gasteiger partial charge in [-0.25, -0.2) is 4.79 Å². The molecule has 5 heteroatoms. The largest absolute Gasteiger partial charge is 0.478 e. The highest BCUT2D eigenvalue weighted by molar-refractivity contribution is 5.92. The molecule has 0 aliphatic heterocycles. The molecule has 0 aliphatic rings. The van der Waals surface area contributed by atoms with Crippen LogP contribution in [0.5, 0.6) is 0 Å². The van der Waals surface area contributed by atoms with Crippen LogP contribution in [0.25, 0.3) is 10.9 Å². The average Bonchev–Trinajstić information content (AvgIpc) is 2.58. The second kappa shape index (κ2) is 3.02. The summed E-state index contributed by atoms with van der Waals surface area (Å²) in [5.41, 5.74) is 0.825. The fourth-order valence-corrected chi connectivity index (χ4v) is 1.22. The maximum absolute atomic E-state index is 10.7. The summed E-state index contributed by atoms with van der Waals surface area (Å²) in [4.78, 5) is 16.8. The Morgan fingerprint density at radius 2 is 2.36 bits per heavy atom. The molecule has 0 spiro atoms. The third kappa shape index (κ3) is 1.28. The molecule has 5 nitrogen and oxygen atoms in total. The number of aromatic carboxylic acids is 1. The topological polar surface area (TPSA) is 64.3 Å². The highest BCUT2D eigenvalue weighted by Gasteiger charge is 2.06. The zero-order valence-corrected chi connectivity index (χ0v) is 7.47. The first-order chi connectivity index (χ1) is 6.70. The molecule has 14 heavy (non-hydrogen) atoms. The van der Waals surface area contributed by atoms with Crippen LogP contribution in [0, 0.1) is 0 Å². The van der Waals surface area contributed by atoms with E-state index in [0.29, 0.717) is 5.52 Å². The van der Waals surface area contributed by atoms with Crippen LogP contribution in [-0.4, -0.2) is 28.1 Å². The predicted molar refractivity (Wildman–Crippen MR) is 49.2 cm³/mol. The molecule has 0 saturated heterocycles.